The molecule has 2 N–H and O–H groups in total. The lowest BCUT2D eigenvalue weighted by molar-refractivity contribution is 0.0818. The molecule has 130 valence electrons. The molecule has 0 fully saturated rings. The Morgan fingerprint density at radius 3 is 2.75 bits per heavy atom. The second-order valence-corrected chi connectivity index (χ2v) is 5.07. The minimum Gasteiger partial charge on any atom is -0.488 e. The molecule has 0 spiro atoms. The minimum absolute atomic E-state index is 0.424. The maximum absolute atomic E-state index is 12.2. The number of aliphatic imine (C=N–C) groups is 1. The van der Waals surface area contributed by atoms with Crippen LogP contribution in [0.4, 0.5) is 8.78 Å². The molecule has 0 radical (unpaired) electrons. The summed E-state index contributed by atoms with van der Waals surface area (Å²) in [5, 5.41) is 10.5. The van der Waals surface area contributed by atoms with Gasteiger partial charge in [-0.1, -0.05) is 12.1 Å². The van der Waals surface area contributed by atoms with Gasteiger partial charge >= 0.3 is 0 Å². The van der Waals surface area contributed by atoms with Crippen LogP contribution in [-0.2, 0) is 20.1 Å². The largest absolute Gasteiger partial charge is 0.488 e. The van der Waals surface area contributed by atoms with Crippen LogP contribution in [0.15, 0.2) is 41.5 Å². The number of hydrogen-bond donors (Lipinski definition) is 2. The molecule has 1 aromatic carbocycles. The average molecular weight is 337 g/mol. The molecule has 1 heterocycles. The van der Waals surface area contributed by atoms with Crippen LogP contribution in [0.1, 0.15) is 11.3 Å². The molecule has 0 unspecified atom stereocenters. The number of guanidine groups is 1. The lowest BCUT2D eigenvalue weighted by Crippen LogP contribution is -2.36. The summed E-state index contributed by atoms with van der Waals surface area (Å²) in [6.45, 7) is 0.482. The zero-order chi connectivity index (χ0) is 17.4. The Morgan fingerprint density at radius 2 is 2.08 bits per heavy atom. The number of nitrogens with one attached hydrogen (secondary N) is 2. The van der Waals surface area contributed by atoms with Crippen molar-refractivity contribution in [2.75, 3.05) is 13.7 Å². The van der Waals surface area contributed by atoms with Crippen LogP contribution in [0.5, 0.6) is 5.75 Å². The van der Waals surface area contributed by atoms with Gasteiger partial charge in [-0.05, 0) is 23.8 Å². The molecule has 0 aliphatic heterocycles. The van der Waals surface area contributed by atoms with E-state index in [1.807, 2.05) is 19.2 Å². The molecule has 0 amide bonds. The number of hydrogen-bond acceptors (Lipinski definition) is 3. The van der Waals surface area contributed by atoms with Gasteiger partial charge in [0.25, 0.3) is 6.43 Å². The van der Waals surface area contributed by atoms with E-state index in [2.05, 4.69) is 20.7 Å². The molecule has 0 bridgehead atoms. The first-order valence-corrected chi connectivity index (χ1v) is 7.49. The normalized spacial score (nSPS) is 11.6. The highest BCUT2D eigenvalue weighted by Gasteiger charge is 2.05. The Kier molecular flexibility index (Phi) is 6.53. The zero-order valence-electron chi connectivity index (χ0n) is 13.7. The third-order valence-corrected chi connectivity index (χ3v) is 3.32. The molecule has 1 aromatic heterocycles. The van der Waals surface area contributed by atoms with Crippen LogP contribution in [-0.4, -0.2) is 35.8 Å². The van der Waals surface area contributed by atoms with Crippen molar-refractivity contribution in [2.45, 2.75) is 19.5 Å². The maximum atomic E-state index is 12.2. The summed E-state index contributed by atoms with van der Waals surface area (Å²) in [5.41, 5.74) is 1.94. The van der Waals surface area contributed by atoms with Crippen LogP contribution in [0.25, 0.3) is 0 Å². The average Bonchev–Trinajstić information content (AvgIpc) is 2.98. The van der Waals surface area contributed by atoms with Gasteiger partial charge in [0.1, 0.15) is 12.4 Å². The summed E-state index contributed by atoms with van der Waals surface area (Å²) >= 11 is 0. The van der Waals surface area contributed by atoms with Crippen LogP contribution < -0.4 is 15.4 Å². The topological polar surface area (TPSA) is 63.5 Å². The number of nitrogens with zero attached hydrogens (tertiary/aromatic N) is 3. The van der Waals surface area contributed by atoms with Crippen molar-refractivity contribution >= 4 is 5.96 Å². The molecule has 2 rings (SSSR count). The van der Waals surface area contributed by atoms with Gasteiger partial charge in [-0.2, -0.15) is 5.10 Å². The Hall–Kier alpha value is -2.64. The van der Waals surface area contributed by atoms with Gasteiger partial charge in [0, 0.05) is 26.8 Å². The highest BCUT2D eigenvalue weighted by atomic mass is 19.3. The molecule has 0 saturated carbocycles. The number of aryl methyl sites for hydroxylation is 1. The van der Waals surface area contributed by atoms with E-state index in [-0.39, 0.29) is 0 Å². The molecule has 0 aliphatic carbocycles. The molecule has 8 heteroatoms. The molecular weight excluding hydrogens is 316 g/mol. The number of benzene rings is 1. The lowest BCUT2D eigenvalue weighted by atomic mass is 10.2. The number of halogens is 2. The first-order chi connectivity index (χ1) is 11.6. The van der Waals surface area contributed by atoms with E-state index in [9.17, 15) is 8.78 Å². The first-order valence-electron chi connectivity index (χ1n) is 7.49. The van der Waals surface area contributed by atoms with Crippen molar-refractivity contribution in [3.8, 4) is 5.75 Å². The SMILES string of the molecule is CN=C(NCc1cccc(OCC(F)F)c1)NCc1ccnn1C. The van der Waals surface area contributed by atoms with Crippen molar-refractivity contribution < 1.29 is 13.5 Å². The van der Waals surface area contributed by atoms with Crippen LogP contribution in [0.2, 0.25) is 0 Å². The van der Waals surface area contributed by atoms with Gasteiger partial charge in [-0.15, -0.1) is 0 Å². The predicted octanol–water partition coefficient (Wildman–Crippen LogP) is 1.93. The summed E-state index contributed by atoms with van der Waals surface area (Å²) in [6.07, 6.45) is -0.750. The van der Waals surface area contributed by atoms with Gasteiger partial charge in [0.05, 0.1) is 12.2 Å². The van der Waals surface area contributed by atoms with Crippen molar-refractivity contribution in [3.63, 3.8) is 0 Å². The molecule has 24 heavy (non-hydrogen) atoms. The number of rotatable bonds is 7. The quantitative estimate of drug-likeness (QED) is 0.599. The van der Waals surface area contributed by atoms with Crippen molar-refractivity contribution in [3.05, 3.63) is 47.8 Å². The van der Waals surface area contributed by atoms with Crippen molar-refractivity contribution in [1.29, 1.82) is 0 Å². The highest BCUT2D eigenvalue weighted by Crippen LogP contribution is 2.14. The number of ether oxygens (including phenoxy) is 1. The second kappa shape index (κ2) is 8.85. The Bertz CT molecular complexity index is 672. The predicted molar refractivity (Wildman–Crippen MR) is 88.2 cm³/mol. The summed E-state index contributed by atoms with van der Waals surface area (Å²) in [7, 11) is 3.55. The Balaban J connectivity index is 1.84. The van der Waals surface area contributed by atoms with E-state index < -0.39 is 13.0 Å². The molecule has 0 saturated heterocycles. The molecule has 0 aliphatic rings. The molecule has 0 atom stereocenters. The van der Waals surface area contributed by atoms with Crippen LogP contribution >= 0.6 is 0 Å². The fourth-order valence-corrected chi connectivity index (χ4v) is 2.06. The van der Waals surface area contributed by atoms with E-state index in [0.717, 1.165) is 11.3 Å². The van der Waals surface area contributed by atoms with Gasteiger partial charge in [-0.3, -0.25) is 9.67 Å². The Labute approximate surface area is 139 Å². The van der Waals surface area contributed by atoms with E-state index in [4.69, 9.17) is 4.74 Å². The summed E-state index contributed by atoms with van der Waals surface area (Å²) in [4.78, 5) is 4.15. The van der Waals surface area contributed by atoms with Gasteiger partial charge in [0.15, 0.2) is 5.96 Å². The monoisotopic (exact) mass is 337 g/mol. The van der Waals surface area contributed by atoms with Crippen LogP contribution in [0, 0.1) is 0 Å². The summed E-state index contributed by atoms with van der Waals surface area (Å²) in [5.74, 6) is 1.06. The van der Waals surface area contributed by atoms with E-state index in [1.54, 1.807) is 36.1 Å². The van der Waals surface area contributed by atoms with Crippen molar-refractivity contribution in [2.24, 2.45) is 12.0 Å². The van der Waals surface area contributed by atoms with E-state index >= 15 is 0 Å². The van der Waals surface area contributed by atoms with Crippen LogP contribution in [0.3, 0.4) is 0 Å². The van der Waals surface area contributed by atoms with E-state index in [1.165, 1.54) is 0 Å². The molecule has 6 nitrogen and oxygen atoms in total. The smallest absolute Gasteiger partial charge is 0.272 e. The Morgan fingerprint density at radius 1 is 1.29 bits per heavy atom. The maximum Gasteiger partial charge on any atom is 0.272 e. The lowest BCUT2D eigenvalue weighted by Gasteiger charge is -2.13. The van der Waals surface area contributed by atoms with Crippen molar-refractivity contribution in [1.82, 2.24) is 20.4 Å². The van der Waals surface area contributed by atoms with Gasteiger partial charge < -0.3 is 15.4 Å². The fraction of sp³-hybridized carbons (Fsp3) is 0.375. The molecule has 2 aromatic rings. The highest BCUT2D eigenvalue weighted by molar-refractivity contribution is 5.79. The second-order valence-electron chi connectivity index (χ2n) is 5.07. The summed E-state index contributed by atoms with van der Waals surface area (Å²) < 4.78 is 31.2. The third kappa shape index (κ3) is 5.53. The minimum atomic E-state index is -2.48. The first kappa shape index (κ1) is 17.7. The fourth-order valence-electron chi connectivity index (χ4n) is 2.06. The number of aromatic nitrogens is 2. The van der Waals surface area contributed by atoms with Gasteiger partial charge in [0.2, 0.25) is 0 Å². The third-order valence-electron chi connectivity index (χ3n) is 3.32. The van der Waals surface area contributed by atoms with Gasteiger partial charge in [-0.25, -0.2) is 8.78 Å². The standard InChI is InChI=1S/C16H21F2N5O/c1-19-16(21-10-13-6-7-22-23(13)2)20-9-12-4-3-5-14(8-12)24-11-15(17)18/h3-8,15H,9-11H2,1-2H3,(H2,19,20,21). The summed E-state index contributed by atoms with van der Waals surface area (Å²) in [6, 6.07) is 8.95. The number of alkyl halides is 2. The van der Waals surface area contributed by atoms with E-state index in [0.29, 0.717) is 24.8 Å². The molecular formula is C16H21F2N5O. The zero-order valence-corrected chi connectivity index (χ0v) is 13.7.